The molecule has 0 amide bonds. The van der Waals surface area contributed by atoms with Crippen LogP contribution in [0.3, 0.4) is 0 Å². The molecule has 0 spiro atoms. The first-order valence-corrected chi connectivity index (χ1v) is 7.08. The second-order valence-electron chi connectivity index (χ2n) is 5.36. The minimum Gasteiger partial charge on any atom is -0.504 e. The summed E-state index contributed by atoms with van der Waals surface area (Å²) in [6, 6.07) is 11.9. The average molecular weight is 294 g/mol. The Bertz CT molecular complexity index is 822. The number of ether oxygens (including phenoxy) is 1. The normalized spacial score (nSPS) is 10.7. The van der Waals surface area contributed by atoms with E-state index in [1.54, 1.807) is 7.11 Å². The summed E-state index contributed by atoms with van der Waals surface area (Å²) in [7, 11) is 1.55. The molecule has 1 N–H and O–H groups in total. The number of hydrogen-bond acceptors (Lipinski definition) is 3. The van der Waals surface area contributed by atoms with E-state index >= 15 is 0 Å². The molecule has 112 valence electrons. The van der Waals surface area contributed by atoms with Gasteiger partial charge in [0.2, 0.25) is 0 Å². The third-order valence-corrected chi connectivity index (χ3v) is 3.67. The van der Waals surface area contributed by atoms with Gasteiger partial charge < -0.3 is 9.84 Å². The molecule has 0 saturated carbocycles. The highest BCUT2D eigenvalue weighted by Crippen LogP contribution is 2.35. The maximum Gasteiger partial charge on any atom is 0.161 e. The quantitative estimate of drug-likeness (QED) is 0.797. The van der Waals surface area contributed by atoms with Crippen molar-refractivity contribution >= 4 is 0 Å². The molecule has 0 bridgehead atoms. The fourth-order valence-corrected chi connectivity index (χ4v) is 2.45. The standard InChI is InChI=1S/C18H18N2O2/c1-12-5-4-6-16(7-12)20-11-15(10-19-20)14-8-13(2)18(21)17(9-14)22-3/h4-11,21H,1-3H3. The maximum absolute atomic E-state index is 9.94. The van der Waals surface area contributed by atoms with Crippen molar-refractivity contribution in [2.45, 2.75) is 13.8 Å². The zero-order chi connectivity index (χ0) is 15.7. The predicted octanol–water partition coefficient (Wildman–Crippen LogP) is 3.87. The molecular weight excluding hydrogens is 276 g/mol. The van der Waals surface area contributed by atoms with Gasteiger partial charge in [0, 0.05) is 11.8 Å². The fourth-order valence-electron chi connectivity index (χ4n) is 2.45. The molecule has 4 nitrogen and oxygen atoms in total. The number of aryl methyl sites for hydroxylation is 2. The summed E-state index contributed by atoms with van der Waals surface area (Å²) in [6.45, 7) is 3.91. The third-order valence-electron chi connectivity index (χ3n) is 3.67. The third kappa shape index (κ3) is 2.55. The number of methoxy groups -OCH3 is 1. The van der Waals surface area contributed by atoms with Gasteiger partial charge in [0.15, 0.2) is 11.5 Å². The van der Waals surface area contributed by atoms with Crippen LogP contribution in [-0.4, -0.2) is 22.0 Å². The largest absolute Gasteiger partial charge is 0.504 e. The van der Waals surface area contributed by atoms with Gasteiger partial charge >= 0.3 is 0 Å². The molecule has 1 aromatic heterocycles. The summed E-state index contributed by atoms with van der Waals surface area (Å²) >= 11 is 0. The first kappa shape index (κ1) is 14.2. The van der Waals surface area contributed by atoms with E-state index in [0.29, 0.717) is 5.75 Å². The van der Waals surface area contributed by atoms with E-state index in [1.807, 2.05) is 48.3 Å². The van der Waals surface area contributed by atoms with Gasteiger partial charge in [-0.2, -0.15) is 5.10 Å². The lowest BCUT2D eigenvalue weighted by molar-refractivity contribution is 0.372. The first-order chi connectivity index (χ1) is 10.6. The van der Waals surface area contributed by atoms with Crippen molar-refractivity contribution in [2.75, 3.05) is 7.11 Å². The number of rotatable bonds is 3. The molecule has 0 unspecified atom stereocenters. The monoisotopic (exact) mass is 294 g/mol. The van der Waals surface area contributed by atoms with E-state index in [0.717, 1.165) is 22.4 Å². The van der Waals surface area contributed by atoms with Crippen LogP contribution in [0.5, 0.6) is 11.5 Å². The first-order valence-electron chi connectivity index (χ1n) is 7.08. The molecule has 0 radical (unpaired) electrons. The van der Waals surface area contributed by atoms with Crippen molar-refractivity contribution in [3.63, 3.8) is 0 Å². The van der Waals surface area contributed by atoms with Crippen LogP contribution in [-0.2, 0) is 0 Å². The number of nitrogens with zero attached hydrogens (tertiary/aromatic N) is 2. The molecule has 0 fully saturated rings. The zero-order valence-corrected chi connectivity index (χ0v) is 12.9. The topological polar surface area (TPSA) is 47.3 Å². The Kier molecular flexibility index (Phi) is 3.59. The van der Waals surface area contributed by atoms with Gasteiger partial charge in [-0.15, -0.1) is 0 Å². The Morgan fingerprint density at radius 1 is 1.09 bits per heavy atom. The maximum atomic E-state index is 9.94. The Morgan fingerprint density at radius 2 is 1.91 bits per heavy atom. The lowest BCUT2D eigenvalue weighted by atomic mass is 10.1. The van der Waals surface area contributed by atoms with Gasteiger partial charge in [-0.1, -0.05) is 12.1 Å². The number of aromatic hydroxyl groups is 1. The molecule has 2 aromatic carbocycles. The van der Waals surface area contributed by atoms with Gasteiger partial charge in [-0.05, 0) is 54.8 Å². The van der Waals surface area contributed by atoms with Crippen LogP contribution in [0.2, 0.25) is 0 Å². The molecule has 3 aromatic rings. The van der Waals surface area contributed by atoms with Crippen molar-refractivity contribution in [1.82, 2.24) is 9.78 Å². The molecule has 0 aliphatic carbocycles. The number of phenols is 1. The molecule has 1 heterocycles. The van der Waals surface area contributed by atoms with Crippen LogP contribution in [0.25, 0.3) is 16.8 Å². The highest BCUT2D eigenvalue weighted by atomic mass is 16.5. The summed E-state index contributed by atoms with van der Waals surface area (Å²) in [5.41, 5.74) is 4.93. The van der Waals surface area contributed by atoms with Gasteiger partial charge in [0.1, 0.15) is 0 Å². The van der Waals surface area contributed by atoms with Crippen LogP contribution < -0.4 is 4.74 Å². The molecule has 22 heavy (non-hydrogen) atoms. The minimum absolute atomic E-state index is 0.178. The highest BCUT2D eigenvalue weighted by molar-refractivity contribution is 5.68. The minimum atomic E-state index is 0.178. The van der Waals surface area contributed by atoms with Crippen molar-refractivity contribution in [3.05, 3.63) is 59.9 Å². The number of benzene rings is 2. The van der Waals surface area contributed by atoms with Gasteiger partial charge in [0.25, 0.3) is 0 Å². The van der Waals surface area contributed by atoms with Crippen molar-refractivity contribution in [2.24, 2.45) is 0 Å². The van der Waals surface area contributed by atoms with Gasteiger partial charge in [0.05, 0.1) is 19.0 Å². The molecule has 0 atom stereocenters. The van der Waals surface area contributed by atoms with E-state index in [4.69, 9.17) is 4.74 Å². The van der Waals surface area contributed by atoms with Crippen molar-refractivity contribution in [1.29, 1.82) is 0 Å². The molecule has 0 saturated heterocycles. The summed E-state index contributed by atoms with van der Waals surface area (Å²) in [6.07, 6.45) is 3.79. The smallest absolute Gasteiger partial charge is 0.161 e. The van der Waals surface area contributed by atoms with Crippen LogP contribution >= 0.6 is 0 Å². The van der Waals surface area contributed by atoms with E-state index in [1.165, 1.54) is 5.56 Å². The molecule has 0 aliphatic heterocycles. The lowest BCUT2D eigenvalue weighted by Gasteiger charge is -2.08. The Morgan fingerprint density at radius 3 is 2.64 bits per heavy atom. The second-order valence-corrected chi connectivity index (χ2v) is 5.36. The summed E-state index contributed by atoms with van der Waals surface area (Å²) in [5.74, 6) is 0.649. The van der Waals surface area contributed by atoms with Crippen LogP contribution in [0.15, 0.2) is 48.8 Å². The Balaban J connectivity index is 2.02. The van der Waals surface area contributed by atoms with E-state index in [9.17, 15) is 5.11 Å². The van der Waals surface area contributed by atoms with E-state index < -0.39 is 0 Å². The Labute approximate surface area is 129 Å². The predicted molar refractivity (Wildman–Crippen MR) is 86.7 cm³/mol. The number of hydrogen-bond donors (Lipinski definition) is 1. The van der Waals surface area contributed by atoms with Gasteiger partial charge in [-0.25, -0.2) is 4.68 Å². The zero-order valence-electron chi connectivity index (χ0n) is 12.9. The van der Waals surface area contributed by atoms with E-state index in [-0.39, 0.29) is 5.75 Å². The van der Waals surface area contributed by atoms with Crippen molar-refractivity contribution in [3.8, 4) is 28.3 Å². The van der Waals surface area contributed by atoms with Crippen LogP contribution in [0.4, 0.5) is 0 Å². The number of aromatic nitrogens is 2. The van der Waals surface area contributed by atoms with Crippen LogP contribution in [0.1, 0.15) is 11.1 Å². The van der Waals surface area contributed by atoms with Crippen molar-refractivity contribution < 1.29 is 9.84 Å². The fraction of sp³-hybridized carbons (Fsp3) is 0.167. The SMILES string of the molecule is COc1cc(-c2cnn(-c3cccc(C)c3)c2)cc(C)c1O. The summed E-state index contributed by atoms with van der Waals surface area (Å²) < 4.78 is 7.06. The van der Waals surface area contributed by atoms with E-state index in [2.05, 4.69) is 24.2 Å². The highest BCUT2D eigenvalue weighted by Gasteiger charge is 2.10. The lowest BCUT2D eigenvalue weighted by Crippen LogP contribution is -1.93. The molecular formula is C18H18N2O2. The molecule has 3 rings (SSSR count). The second kappa shape index (κ2) is 5.56. The summed E-state index contributed by atoms with van der Waals surface area (Å²) in [5, 5.41) is 14.4. The van der Waals surface area contributed by atoms with Crippen LogP contribution in [0, 0.1) is 13.8 Å². The molecule has 0 aliphatic rings. The molecule has 4 heteroatoms. The van der Waals surface area contributed by atoms with Gasteiger partial charge in [-0.3, -0.25) is 0 Å². The number of phenolic OH excluding ortho intramolecular Hbond substituents is 1. The average Bonchev–Trinajstić information content (AvgIpc) is 3.00. The summed E-state index contributed by atoms with van der Waals surface area (Å²) in [4.78, 5) is 0. The Hall–Kier alpha value is -2.75.